The fraction of sp³-hybridized carbons (Fsp3) is 0.0667. The number of H-pyrrole nitrogens is 1. The van der Waals surface area contributed by atoms with Gasteiger partial charge in [0.15, 0.2) is 0 Å². The van der Waals surface area contributed by atoms with Gasteiger partial charge in [-0.2, -0.15) is 0 Å². The van der Waals surface area contributed by atoms with Gasteiger partial charge >= 0.3 is 0 Å². The summed E-state index contributed by atoms with van der Waals surface area (Å²) in [6.07, 6.45) is 1.03. The van der Waals surface area contributed by atoms with Crippen molar-refractivity contribution in [2.24, 2.45) is 0 Å². The maximum Gasteiger partial charge on any atom is 0.0463 e. The van der Waals surface area contributed by atoms with Gasteiger partial charge in [0.1, 0.15) is 0 Å². The lowest BCUT2D eigenvalue weighted by Crippen LogP contribution is -1.81. The van der Waals surface area contributed by atoms with E-state index in [1.807, 2.05) is 0 Å². The molecule has 0 saturated heterocycles. The van der Waals surface area contributed by atoms with Gasteiger partial charge in [-0.3, -0.25) is 0 Å². The van der Waals surface area contributed by atoms with E-state index in [-0.39, 0.29) is 0 Å². The minimum Gasteiger partial charge on any atom is -0.358 e. The highest BCUT2D eigenvalue weighted by Gasteiger charge is 2.22. The predicted octanol–water partition coefficient (Wildman–Crippen LogP) is 4.50. The van der Waals surface area contributed by atoms with Crippen molar-refractivity contribution in [3.8, 4) is 11.1 Å². The predicted molar refractivity (Wildman–Crippen MR) is 74.2 cm³/mol. The Morgan fingerprint density at radius 3 is 2.88 bits per heavy atom. The summed E-state index contributed by atoms with van der Waals surface area (Å²) >= 11 is 3.55. The van der Waals surface area contributed by atoms with Crippen molar-refractivity contribution in [3.63, 3.8) is 0 Å². The van der Waals surface area contributed by atoms with Gasteiger partial charge in [-0.05, 0) is 29.3 Å². The fourth-order valence-corrected chi connectivity index (χ4v) is 3.13. The first-order chi connectivity index (χ1) is 8.33. The maximum absolute atomic E-state index is 3.55. The van der Waals surface area contributed by atoms with Crippen LogP contribution in [-0.2, 0) is 6.42 Å². The molecule has 1 heterocycles. The van der Waals surface area contributed by atoms with Gasteiger partial charge in [0.2, 0.25) is 0 Å². The van der Waals surface area contributed by atoms with Crippen LogP contribution < -0.4 is 0 Å². The zero-order valence-electron chi connectivity index (χ0n) is 9.13. The topological polar surface area (TPSA) is 15.8 Å². The zero-order valence-corrected chi connectivity index (χ0v) is 10.7. The van der Waals surface area contributed by atoms with Gasteiger partial charge in [0.25, 0.3) is 0 Å². The summed E-state index contributed by atoms with van der Waals surface area (Å²) in [5.74, 6) is 0. The van der Waals surface area contributed by atoms with Crippen molar-refractivity contribution in [2.45, 2.75) is 6.42 Å². The van der Waals surface area contributed by atoms with Crippen LogP contribution in [-0.4, -0.2) is 4.98 Å². The molecule has 0 fully saturated rings. The second kappa shape index (κ2) is 3.23. The Kier molecular flexibility index (Phi) is 1.80. The molecule has 82 valence electrons. The molecule has 0 spiro atoms. The molecule has 1 N–H and O–H groups in total. The molecular weight excluding hydrogens is 274 g/mol. The average Bonchev–Trinajstić information content (AvgIpc) is 2.84. The van der Waals surface area contributed by atoms with Crippen LogP contribution in [0.5, 0.6) is 0 Å². The SMILES string of the molecule is Brc1ccc2[nH]c3c(c2c1)-c1ccccc1C3. The number of hydrogen-bond donors (Lipinski definition) is 1. The summed E-state index contributed by atoms with van der Waals surface area (Å²) < 4.78 is 1.14. The van der Waals surface area contributed by atoms with Gasteiger partial charge in [0.05, 0.1) is 0 Å². The number of hydrogen-bond acceptors (Lipinski definition) is 0. The minimum atomic E-state index is 1.03. The largest absolute Gasteiger partial charge is 0.358 e. The van der Waals surface area contributed by atoms with E-state index in [0.29, 0.717) is 0 Å². The Balaban J connectivity index is 2.13. The fourth-order valence-electron chi connectivity index (χ4n) is 2.77. The molecule has 1 aliphatic carbocycles. The molecule has 0 aliphatic heterocycles. The van der Waals surface area contributed by atoms with Gasteiger partial charge in [-0.25, -0.2) is 0 Å². The minimum absolute atomic E-state index is 1.03. The van der Waals surface area contributed by atoms with Crippen LogP contribution in [0.1, 0.15) is 11.3 Å². The van der Waals surface area contributed by atoms with Gasteiger partial charge in [-0.15, -0.1) is 0 Å². The number of nitrogens with one attached hydrogen (secondary N) is 1. The molecule has 1 aliphatic rings. The molecule has 2 aromatic carbocycles. The Bertz CT molecular complexity index is 740. The highest BCUT2D eigenvalue weighted by molar-refractivity contribution is 9.10. The summed E-state index contributed by atoms with van der Waals surface area (Å²) in [5.41, 5.74) is 6.77. The molecule has 0 unspecified atom stereocenters. The van der Waals surface area contributed by atoms with E-state index in [2.05, 4.69) is 63.4 Å². The molecule has 0 saturated carbocycles. The van der Waals surface area contributed by atoms with Gasteiger partial charge in [0, 0.05) is 33.1 Å². The molecule has 17 heavy (non-hydrogen) atoms. The van der Waals surface area contributed by atoms with Crippen LogP contribution >= 0.6 is 15.9 Å². The average molecular weight is 284 g/mol. The third kappa shape index (κ3) is 1.25. The summed E-state index contributed by atoms with van der Waals surface area (Å²) in [5, 5.41) is 1.32. The second-order valence-corrected chi connectivity index (χ2v) is 5.42. The Morgan fingerprint density at radius 2 is 1.94 bits per heavy atom. The van der Waals surface area contributed by atoms with Crippen LogP contribution in [0.25, 0.3) is 22.0 Å². The molecule has 4 rings (SSSR count). The maximum atomic E-state index is 3.55. The van der Waals surface area contributed by atoms with E-state index in [4.69, 9.17) is 0 Å². The number of fused-ring (bicyclic) bond motifs is 5. The molecular formula is C15H10BrN. The molecule has 0 amide bonds. The van der Waals surface area contributed by atoms with Crippen molar-refractivity contribution in [2.75, 3.05) is 0 Å². The normalized spacial score (nSPS) is 12.8. The molecule has 1 aromatic heterocycles. The van der Waals surface area contributed by atoms with Gasteiger partial charge in [-0.1, -0.05) is 40.2 Å². The van der Waals surface area contributed by atoms with Gasteiger partial charge < -0.3 is 4.98 Å². The third-order valence-corrected chi connectivity index (χ3v) is 3.99. The summed E-state index contributed by atoms with van der Waals surface area (Å²) in [7, 11) is 0. The Hall–Kier alpha value is -1.54. The van der Waals surface area contributed by atoms with E-state index in [1.54, 1.807) is 0 Å². The molecule has 0 bridgehead atoms. The highest BCUT2D eigenvalue weighted by Crippen LogP contribution is 2.41. The van der Waals surface area contributed by atoms with Crippen molar-refractivity contribution in [3.05, 3.63) is 58.2 Å². The van der Waals surface area contributed by atoms with Crippen LogP contribution in [0.15, 0.2) is 46.9 Å². The number of aromatic nitrogens is 1. The van der Waals surface area contributed by atoms with Crippen molar-refractivity contribution in [1.82, 2.24) is 4.98 Å². The summed E-state index contributed by atoms with van der Waals surface area (Å²) in [6.45, 7) is 0. The first kappa shape index (κ1) is 9.49. The van der Waals surface area contributed by atoms with E-state index < -0.39 is 0 Å². The van der Waals surface area contributed by atoms with E-state index >= 15 is 0 Å². The molecule has 0 radical (unpaired) electrons. The summed E-state index contributed by atoms with van der Waals surface area (Å²) in [6, 6.07) is 15.1. The first-order valence-corrected chi connectivity index (χ1v) is 6.50. The summed E-state index contributed by atoms with van der Waals surface area (Å²) in [4.78, 5) is 3.53. The van der Waals surface area contributed by atoms with E-state index in [9.17, 15) is 0 Å². The molecule has 3 aromatic rings. The lowest BCUT2D eigenvalue weighted by molar-refractivity contribution is 1.17. The third-order valence-electron chi connectivity index (χ3n) is 3.49. The van der Waals surface area contributed by atoms with Crippen molar-refractivity contribution < 1.29 is 0 Å². The standard InChI is InChI=1S/C15H10BrN/c16-10-5-6-13-12(8-10)15-11-4-2-1-3-9(11)7-14(15)17-13/h1-6,8,17H,7H2. The van der Waals surface area contributed by atoms with Crippen LogP contribution in [0, 0.1) is 0 Å². The first-order valence-electron chi connectivity index (χ1n) is 5.71. The Morgan fingerprint density at radius 1 is 1.06 bits per heavy atom. The molecule has 0 atom stereocenters. The number of benzene rings is 2. The number of aromatic amines is 1. The van der Waals surface area contributed by atoms with Crippen molar-refractivity contribution >= 4 is 26.8 Å². The number of halogens is 1. The van der Waals surface area contributed by atoms with E-state index in [0.717, 1.165) is 10.9 Å². The second-order valence-electron chi connectivity index (χ2n) is 4.50. The Labute approximate surface area is 108 Å². The van der Waals surface area contributed by atoms with Crippen LogP contribution in [0.2, 0.25) is 0 Å². The lowest BCUT2D eigenvalue weighted by atomic mass is 10.0. The van der Waals surface area contributed by atoms with Crippen LogP contribution in [0.3, 0.4) is 0 Å². The quantitative estimate of drug-likeness (QED) is 0.489. The monoisotopic (exact) mass is 283 g/mol. The smallest absolute Gasteiger partial charge is 0.0463 e. The number of rotatable bonds is 0. The van der Waals surface area contributed by atoms with E-state index in [1.165, 1.54) is 33.3 Å². The lowest BCUT2D eigenvalue weighted by Gasteiger charge is -2.00. The zero-order chi connectivity index (χ0) is 11.4. The molecule has 2 heteroatoms. The van der Waals surface area contributed by atoms with Crippen molar-refractivity contribution in [1.29, 1.82) is 0 Å². The van der Waals surface area contributed by atoms with Crippen LogP contribution in [0.4, 0.5) is 0 Å². The highest BCUT2D eigenvalue weighted by atomic mass is 79.9. The molecule has 1 nitrogen and oxygen atoms in total.